The van der Waals surface area contributed by atoms with Gasteiger partial charge in [0.05, 0.1) is 5.60 Å². The third kappa shape index (κ3) is 3.07. The number of alkyl halides is 1. The summed E-state index contributed by atoms with van der Waals surface area (Å²) >= 11 is 0. The number of aliphatic hydroxyl groups is 1. The zero-order valence-corrected chi connectivity index (χ0v) is 7.86. The number of piperidine rings is 1. The van der Waals surface area contributed by atoms with E-state index >= 15 is 0 Å². The molecule has 1 rings (SSSR count). The van der Waals surface area contributed by atoms with Gasteiger partial charge in [-0.15, -0.1) is 0 Å². The van der Waals surface area contributed by atoms with Gasteiger partial charge in [0.2, 0.25) is 0 Å². The Morgan fingerprint density at radius 1 is 1.42 bits per heavy atom. The summed E-state index contributed by atoms with van der Waals surface area (Å²) in [5, 5.41) is 12.6. The van der Waals surface area contributed by atoms with Gasteiger partial charge in [-0.2, -0.15) is 0 Å². The molecule has 72 valence electrons. The lowest BCUT2D eigenvalue weighted by Crippen LogP contribution is -2.43. The molecule has 0 aromatic carbocycles. The molecule has 0 aromatic heterocycles. The van der Waals surface area contributed by atoms with Crippen LogP contribution >= 0.6 is 0 Å². The first-order valence-corrected chi connectivity index (χ1v) is 4.53. The molecule has 1 heterocycles. The van der Waals surface area contributed by atoms with Gasteiger partial charge < -0.3 is 10.4 Å². The Balaban J connectivity index is 2.47. The zero-order valence-electron chi connectivity index (χ0n) is 7.86. The van der Waals surface area contributed by atoms with Crippen molar-refractivity contribution >= 4 is 0 Å². The van der Waals surface area contributed by atoms with Crippen LogP contribution in [0, 0.1) is 0 Å². The molecule has 0 amide bonds. The summed E-state index contributed by atoms with van der Waals surface area (Å²) in [7, 11) is 0. The molecule has 0 spiro atoms. The average molecular weight is 175 g/mol. The van der Waals surface area contributed by atoms with Crippen molar-refractivity contribution in [3.8, 4) is 0 Å². The van der Waals surface area contributed by atoms with Gasteiger partial charge in [0.1, 0.15) is 5.67 Å². The summed E-state index contributed by atoms with van der Waals surface area (Å²) in [5.74, 6) is 0. The van der Waals surface area contributed by atoms with E-state index in [0.717, 1.165) is 13.1 Å². The van der Waals surface area contributed by atoms with Gasteiger partial charge in [0.15, 0.2) is 0 Å². The number of rotatable bonds is 2. The van der Waals surface area contributed by atoms with Gasteiger partial charge in [-0.25, -0.2) is 4.39 Å². The number of halogens is 1. The predicted octanol–water partition coefficient (Wildman–Crippen LogP) is 1.24. The van der Waals surface area contributed by atoms with Crippen LogP contribution in [0.2, 0.25) is 0 Å². The monoisotopic (exact) mass is 175 g/mol. The topological polar surface area (TPSA) is 32.3 Å². The van der Waals surface area contributed by atoms with Crippen LogP contribution in [-0.2, 0) is 0 Å². The summed E-state index contributed by atoms with van der Waals surface area (Å²) in [6.45, 7) is 4.78. The molecule has 0 unspecified atom stereocenters. The van der Waals surface area contributed by atoms with Gasteiger partial charge in [-0.3, -0.25) is 0 Å². The second-order valence-corrected chi connectivity index (χ2v) is 4.39. The van der Waals surface area contributed by atoms with Gasteiger partial charge in [0, 0.05) is 6.42 Å². The first-order chi connectivity index (χ1) is 5.41. The van der Waals surface area contributed by atoms with Crippen molar-refractivity contribution in [3.05, 3.63) is 0 Å². The molecule has 12 heavy (non-hydrogen) atoms. The Kier molecular flexibility index (Phi) is 2.74. The molecule has 0 atom stereocenters. The normalized spacial score (nSPS) is 24.0. The lowest BCUT2D eigenvalue weighted by Gasteiger charge is -2.34. The Morgan fingerprint density at radius 3 is 2.33 bits per heavy atom. The largest absolute Gasteiger partial charge is 0.390 e. The minimum Gasteiger partial charge on any atom is -0.390 e. The standard InChI is InChI=1S/C9H18FNO/c1-8(2,12)7-9(10)3-5-11-6-4-9/h11-12H,3-7H2,1-2H3. The molecule has 1 aliphatic heterocycles. The van der Waals surface area contributed by atoms with E-state index in [1.54, 1.807) is 13.8 Å². The second-order valence-electron chi connectivity index (χ2n) is 4.39. The van der Waals surface area contributed by atoms with E-state index in [0.29, 0.717) is 12.8 Å². The smallest absolute Gasteiger partial charge is 0.116 e. The fourth-order valence-corrected chi connectivity index (χ4v) is 1.83. The quantitative estimate of drug-likeness (QED) is 0.661. The molecule has 3 heteroatoms. The first-order valence-electron chi connectivity index (χ1n) is 4.53. The highest BCUT2D eigenvalue weighted by atomic mass is 19.1. The first kappa shape index (κ1) is 9.93. The van der Waals surface area contributed by atoms with E-state index in [1.165, 1.54) is 0 Å². The number of hydrogen-bond acceptors (Lipinski definition) is 2. The summed E-state index contributed by atoms with van der Waals surface area (Å²) in [5.41, 5.74) is -2.03. The lowest BCUT2D eigenvalue weighted by atomic mass is 9.84. The van der Waals surface area contributed by atoms with Gasteiger partial charge >= 0.3 is 0 Å². The van der Waals surface area contributed by atoms with Gasteiger partial charge in [-0.1, -0.05) is 0 Å². The highest BCUT2D eigenvalue weighted by molar-refractivity contribution is 4.89. The highest BCUT2D eigenvalue weighted by Gasteiger charge is 2.36. The fourth-order valence-electron chi connectivity index (χ4n) is 1.83. The Morgan fingerprint density at radius 2 is 1.92 bits per heavy atom. The van der Waals surface area contributed by atoms with E-state index in [4.69, 9.17) is 0 Å². The van der Waals surface area contributed by atoms with Crippen molar-refractivity contribution < 1.29 is 9.50 Å². The van der Waals surface area contributed by atoms with E-state index < -0.39 is 11.3 Å². The minimum atomic E-state index is -1.15. The predicted molar refractivity (Wildman–Crippen MR) is 46.9 cm³/mol. The molecule has 1 fully saturated rings. The number of nitrogens with one attached hydrogen (secondary N) is 1. The maximum absolute atomic E-state index is 13.9. The molecule has 0 bridgehead atoms. The molecular formula is C9H18FNO. The van der Waals surface area contributed by atoms with Crippen LogP contribution in [0.4, 0.5) is 4.39 Å². The molecule has 0 aromatic rings. The molecule has 1 aliphatic rings. The summed E-state index contributed by atoms with van der Waals surface area (Å²) in [6.07, 6.45) is 1.30. The second kappa shape index (κ2) is 3.30. The Hall–Kier alpha value is -0.150. The third-order valence-corrected chi connectivity index (χ3v) is 2.25. The lowest BCUT2D eigenvalue weighted by molar-refractivity contribution is -0.0112. The maximum atomic E-state index is 13.9. The van der Waals surface area contributed by atoms with E-state index in [9.17, 15) is 9.50 Å². The van der Waals surface area contributed by atoms with Crippen molar-refractivity contribution in [1.29, 1.82) is 0 Å². The van der Waals surface area contributed by atoms with Crippen LogP contribution in [0.15, 0.2) is 0 Å². The van der Waals surface area contributed by atoms with Crippen LogP contribution in [0.5, 0.6) is 0 Å². The maximum Gasteiger partial charge on any atom is 0.116 e. The minimum absolute atomic E-state index is 0.252. The molecular weight excluding hydrogens is 157 g/mol. The van der Waals surface area contributed by atoms with E-state index in [2.05, 4.69) is 5.32 Å². The van der Waals surface area contributed by atoms with E-state index in [1.807, 2.05) is 0 Å². The molecule has 0 saturated carbocycles. The SMILES string of the molecule is CC(C)(O)CC1(F)CCNCC1. The Bertz CT molecular complexity index is 147. The fraction of sp³-hybridized carbons (Fsp3) is 1.00. The molecule has 2 N–H and O–H groups in total. The van der Waals surface area contributed by atoms with Crippen LogP contribution < -0.4 is 5.32 Å². The summed E-state index contributed by atoms with van der Waals surface area (Å²) in [4.78, 5) is 0. The Labute approximate surface area is 73.2 Å². The van der Waals surface area contributed by atoms with Crippen molar-refractivity contribution in [2.24, 2.45) is 0 Å². The van der Waals surface area contributed by atoms with Crippen LogP contribution in [0.3, 0.4) is 0 Å². The molecule has 0 radical (unpaired) electrons. The van der Waals surface area contributed by atoms with Gasteiger partial charge in [-0.05, 0) is 39.8 Å². The van der Waals surface area contributed by atoms with Crippen molar-refractivity contribution in [1.82, 2.24) is 5.32 Å². The summed E-state index contributed by atoms with van der Waals surface area (Å²) in [6, 6.07) is 0. The van der Waals surface area contributed by atoms with E-state index in [-0.39, 0.29) is 6.42 Å². The molecule has 0 aliphatic carbocycles. The zero-order chi connectivity index (χ0) is 9.24. The highest BCUT2D eigenvalue weighted by Crippen LogP contribution is 2.31. The van der Waals surface area contributed by atoms with Crippen molar-refractivity contribution in [3.63, 3.8) is 0 Å². The van der Waals surface area contributed by atoms with Crippen molar-refractivity contribution in [2.45, 2.75) is 44.4 Å². The van der Waals surface area contributed by atoms with Gasteiger partial charge in [0.25, 0.3) is 0 Å². The summed E-state index contributed by atoms with van der Waals surface area (Å²) < 4.78 is 13.9. The van der Waals surface area contributed by atoms with Crippen LogP contribution in [0.25, 0.3) is 0 Å². The average Bonchev–Trinajstić information content (AvgIpc) is 1.83. The van der Waals surface area contributed by atoms with Crippen molar-refractivity contribution in [2.75, 3.05) is 13.1 Å². The molecule has 2 nitrogen and oxygen atoms in total. The molecule has 1 saturated heterocycles. The number of hydrogen-bond donors (Lipinski definition) is 2. The van der Waals surface area contributed by atoms with Crippen LogP contribution in [-0.4, -0.2) is 29.5 Å². The third-order valence-electron chi connectivity index (χ3n) is 2.25. The van der Waals surface area contributed by atoms with Crippen LogP contribution in [0.1, 0.15) is 33.1 Å².